The molecule has 2 aromatic rings. The summed E-state index contributed by atoms with van der Waals surface area (Å²) in [4.78, 5) is 25.2. The van der Waals surface area contributed by atoms with Crippen molar-refractivity contribution in [3.05, 3.63) is 64.2 Å². The van der Waals surface area contributed by atoms with Crippen LogP contribution in [0.2, 0.25) is 0 Å². The second-order valence-corrected chi connectivity index (χ2v) is 6.93. The average Bonchev–Trinajstić information content (AvgIpc) is 2.56. The van der Waals surface area contributed by atoms with Crippen LogP contribution < -0.4 is 5.73 Å². The lowest BCUT2D eigenvalue weighted by Crippen LogP contribution is -2.24. The summed E-state index contributed by atoms with van der Waals surface area (Å²) in [5, 5.41) is 0. The second-order valence-electron chi connectivity index (χ2n) is 5.54. The number of rotatable bonds is 4. The highest BCUT2D eigenvalue weighted by Gasteiger charge is 2.33. The molecule has 24 heavy (non-hydrogen) atoms. The minimum Gasteiger partial charge on any atom is -0.330 e. The molecule has 0 atom stereocenters. The number of benzene rings is 2. The zero-order valence-electron chi connectivity index (χ0n) is 12.7. The van der Waals surface area contributed by atoms with E-state index in [4.69, 9.17) is 5.73 Å². The van der Waals surface area contributed by atoms with Gasteiger partial charge in [-0.15, -0.1) is 0 Å². The molecule has 3 rings (SSSR count). The van der Waals surface area contributed by atoms with E-state index in [9.17, 15) is 22.6 Å². The number of fused-ring (bicyclic) bond motifs is 2. The number of nitrogens with two attached hydrogens (primary N) is 1. The lowest BCUT2D eigenvalue weighted by atomic mass is 9.81. The van der Waals surface area contributed by atoms with Gasteiger partial charge >= 0.3 is 0 Å². The SMILES string of the molecule is NCCCc1c(S(=O)(=O)O)ccc2c1C(=O)c1ccccc1C2=O. The van der Waals surface area contributed by atoms with Crippen molar-refractivity contribution < 1.29 is 22.6 Å². The molecule has 0 heterocycles. The molecule has 1 aliphatic rings. The van der Waals surface area contributed by atoms with Gasteiger partial charge in [-0.3, -0.25) is 14.1 Å². The van der Waals surface area contributed by atoms with Crippen molar-refractivity contribution in [3.8, 4) is 0 Å². The van der Waals surface area contributed by atoms with Crippen molar-refractivity contribution in [1.82, 2.24) is 0 Å². The minimum absolute atomic E-state index is 0.0438. The first kappa shape index (κ1) is 16.5. The molecule has 0 saturated carbocycles. The standard InChI is InChI=1S/C17H15NO5S/c18-9-3-6-12-14(24(21,22)23)8-7-13-15(12)17(20)11-5-2-1-4-10(11)16(13)19/h1-2,4-5,7-8H,3,6,9,18H2,(H,21,22,23). The van der Waals surface area contributed by atoms with Gasteiger partial charge in [0.15, 0.2) is 11.6 Å². The van der Waals surface area contributed by atoms with Crippen molar-refractivity contribution in [2.75, 3.05) is 6.54 Å². The summed E-state index contributed by atoms with van der Waals surface area (Å²) in [5.41, 5.74) is 6.35. The van der Waals surface area contributed by atoms with E-state index in [0.29, 0.717) is 12.0 Å². The lowest BCUT2D eigenvalue weighted by molar-refractivity contribution is 0.0978. The molecule has 6 nitrogen and oxygen atoms in total. The van der Waals surface area contributed by atoms with E-state index in [1.807, 2.05) is 0 Å². The maximum atomic E-state index is 12.9. The van der Waals surface area contributed by atoms with E-state index >= 15 is 0 Å². The van der Waals surface area contributed by atoms with Crippen LogP contribution in [-0.2, 0) is 16.5 Å². The van der Waals surface area contributed by atoms with E-state index in [-0.39, 0.29) is 45.9 Å². The second kappa shape index (κ2) is 5.94. The molecule has 0 saturated heterocycles. The summed E-state index contributed by atoms with van der Waals surface area (Å²) in [6, 6.07) is 8.85. The van der Waals surface area contributed by atoms with Gasteiger partial charge in [-0.2, -0.15) is 8.42 Å². The molecule has 1 aliphatic carbocycles. The van der Waals surface area contributed by atoms with Gasteiger partial charge < -0.3 is 5.73 Å². The molecule has 2 aromatic carbocycles. The van der Waals surface area contributed by atoms with Crippen LogP contribution in [0.15, 0.2) is 41.3 Å². The van der Waals surface area contributed by atoms with Crippen LogP contribution in [0.5, 0.6) is 0 Å². The van der Waals surface area contributed by atoms with Crippen LogP contribution in [0.25, 0.3) is 0 Å². The van der Waals surface area contributed by atoms with Crippen LogP contribution in [-0.4, -0.2) is 31.1 Å². The summed E-state index contributed by atoms with van der Waals surface area (Å²) in [6.45, 7) is 0.285. The van der Waals surface area contributed by atoms with Crippen molar-refractivity contribution in [3.63, 3.8) is 0 Å². The first-order valence-corrected chi connectivity index (χ1v) is 8.82. The van der Waals surface area contributed by atoms with Crippen molar-refractivity contribution >= 4 is 21.7 Å². The average molecular weight is 345 g/mol. The molecule has 0 bridgehead atoms. The fraction of sp³-hybridized carbons (Fsp3) is 0.176. The Labute approximate surface area is 139 Å². The highest BCUT2D eigenvalue weighted by Crippen LogP contribution is 2.33. The van der Waals surface area contributed by atoms with Crippen LogP contribution >= 0.6 is 0 Å². The molecule has 0 spiro atoms. The number of hydrogen-bond donors (Lipinski definition) is 2. The fourth-order valence-electron chi connectivity index (χ4n) is 3.00. The molecule has 0 unspecified atom stereocenters. The number of ketones is 2. The minimum atomic E-state index is -4.52. The van der Waals surface area contributed by atoms with E-state index < -0.39 is 15.9 Å². The maximum Gasteiger partial charge on any atom is 0.294 e. The third kappa shape index (κ3) is 2.56. The predicted octanol–water partition coefficient (Wildman–Crippen LogP) is 1.60. The Morgan fingerprint density at radius 1 is 0.917 bits per heavy atom. The smallest absolute Gasteiger partial charge is 0.294 e. The molecule has 0 aromatic heterocycles. The van der Waals surface area contributed by atoms with Gasteiger partial charge in [-0.1, -0.05) is 24.3 Å². The monoisotopic (exact) mass is 345 g/mol. The number of carbonyl (C=O) groups is 2. The third-order valence-electron chi connectivity index (χ3n) is 4.07. The molecule has 124 valence electrons. The molecule has 0 radical (unpaired) electrons. The number of hydrogen-bond acceptors (Lipinski definition) is 5. The fourth-order valence-corrected chi connectivity index (χ4v) is 3.76. The summed E-state index contributed by atoms with van der Waals surface area (Å²) in [6.07, 6.45) is 0.595. The van der Waals surface area contributed by atoms with Gasteiger partial charge in [0.1, 0.15) is 0 Å². The summed E-state index contributed by atoms with van der Waals surface area (Å²) >= 11 is 0. The Morgan fingerprint density at radius 2 is 1.54 bits per heavy atom. The van der Waals surface area contributed by atoms with Crippen molar-refractivity contribution in [2.24, 2.45) is 5.73 Å². The van der Waals surface area contributed by atoms with Crippen molar-refractivity contribution in [1.29, 1.82) is 0 Å². The van der Waals surface area contributed by atoms with Crippen molar-refractivity contribution in [2.45, 2.75) is 17.7 Å². The van der Waals surface area contributed by atoms with Gasteiger partial charge in [-0.25, -0.2) is 0 Å². The summed E-state index contributed by atoms with van der Waals surface area (Å²) in [7, 11) is -4.52. The molecular weight excluding hydrogens is 330 g/mol. The first-order valence-electron chi connectivity index (χ1n) is 7.38. The Hall–Kier alpha value is -2.35. The molecule has 3 N–H and O–H groups in total. The predicted molar refractivity (Wildman–Crippen MR) is 86.9 cm³/mol. The Balaban J connectivity index is 2.32. The molecule has 7 heteroatoms. The Kier molecular flexibility index (Phi) is 4.08. The van der Waals surface area contributed by atoms with Crippen LogP contribution in [0.3, 0.4) is 0 Å². The van der Waals surface area contributed by atoms with Gasteiger partial charge in [0.25, 0.3) is 10.1 Å². The van der Waals surface area contributed by atoms with Gasteiger partial charge in [0.2, 0.25) is 0 Å². The third-order valence-corrected chi connectivity index (χ3v) is 5.01. The quantitative estimate of drug-likeness (QED) is 0.694. The van der Waals surface area contributed by atoms with Gasteiger partial charge in [0.05, 0.1) is 4.90 Å². The number of carbonyl (C=O) groups excluding carboxylic acids is 2. The largest absolute Gasteiger partial charge is 0.330 e. The zero-order valence-corrected chi connectivity index (χ0v) is 13.5. The zero-order chi connectivity index (χ0) is 17.5. The molecule has 0 aliphatic heterocycles. The Bertz CT molecular complexity index is 963. The van der Waals surface area contributed by atoms with E-state index in [1.54, 1.807) is 18.2 Å². The summed E-state index contributed by atoms with van der Waals surface area (Å²) in [5.74, 6) is -0.756. The normalized spacial score (nSPS) is 13.6. The maximum absolute atomic E-state index is 12.9. The molecule has 0 amide bonds. The van der Waals surface area contributed by atoms with E-state index in [0.717, 1.165) is 0 Å². The van der Waals surface area contributed by atoms with Crippen LogP contribution in [0.1, 0.15) is 43.8 Å². The van der Waals surface area contributed by atoms with Crippen LogP contribution in [0, 0.1) is 0 Å². The topological polar surface area (TPSA) is 115 Å². The lowest BCUT2D eigenvalue weighted by Gasteiger charge is -2.21. The van der Waals surface area contributed by atoms with Gasteiger partial charge in [-0.05, 0) is 37.1 Å². The Morgan fingerprint density at radius 3 is 2.12 bits per heavy atom. The highest BCUT2D eigenvalue weighted by atomic mass is 32.2. The van der Waals surface area contributed by atoms with E-state index in [2.05, 4.69) is 0 Å². The van der Waals surface area contributed by atoms with Crippen LogP contribution in [0.4, 0.5) is 0 Å². The molecular formula is C17H15NO5S. The summed E-state index contributed by atoms with van der Waals surface area (Å²) < 4.78 is 32.8. The molecule has 0 fully saturated rings. The first-order chi connectivity index (χ1) is 11.4. The highest BCUT2D eigenvalue weighted by molar-refractivity contribution is 7.85. The van der Waals surface area contributed by atoms with Gasteiger partial charge in [0, 0.05) is 22.3 Å². The van der Waals surface area contributed by atoms with E-state index in [1.165, 1.54) is 18.2 Å².